The summed E-state index contributed by atoms with van der Waals surface area (Å²) in [5.41, 5.74) is 3.53. The second kappa shape index (κ2) is 15.8. The van der Waals surface area contributed by atoms with E-state index in [0.717, 1.165) is 24.0 Å². The molecule has 0 fully saturated rings. The summed E-state index contributed by atoms with van der Waals surface area (Å²) < 4.78 is 43.4. The van der Waals surface area contributed by atoms with Crippen LogP contribution in [0.1, 0.15) is 99.6 Å². The Morgan fingerprint density at radius 3 is 1.84 bits per heavy atom. The molecule has 0 aliphatic carbocycles. The van der Waals surface area contributed by atoms with E-state index in [1.165, 1.54) is 24.3 Å². The average Bonchev–Trinajstić information content (AvgIpc) is 2.98. The number of rotatable bonds is 12. The van der Waals surface area contributed by atoms with Crippen LogP contribution in [0.25, 0.3) is 22.3 Å². The Balaban J connectivity index is 1.64. The van der Waals surface area contributed by atoms with Gasteiger partial charge in [-0.3, -0.25) is 0 Å². The first kappa shape index (κ1) is 41.2. The van der Waals surface area contributed by atoms with E-state index in [1.807, 2.05) is 18.2 Å². The van der Waals surface area contributed by atoms with Crippen LogP contribution in [0.15, 0.2) is 60.7 Å². The number of halogens is 4. The molecule has 0 heterocycles. The van der Waals surface area contributed by atoms with Gasteiger partial charge in [-0.1, -0.05) is 81.4 Å². The number of phenolic OH excluding ortho intramolecular Hbond substituents is 2. The van der Waals surface area contributed by atoms with E-state index in [0.29, 0.717) is 47.3 Å². The first-order chi connectivity index (χ1) is 23.5. The number of phenols is 2. The Hall–Kier alpha value is -2.60. The summed E-state index contributed by atoms with van der Waals surface area (Å²) in [6.45, 7) is 22.4. The minimum absolute atomic E-state index is 0.0121. The lowest BCUT2D eigenvalue weighted by atomic mass is 9.71. The van der Waals surface area contributed by atoms with Crippen LogP contribution in [0, 0.1) is 29.6 Å². The molecule has 4 rings (SSSR count). The maximum atomic E-state index is 14.7. The lowest BCUT2D eigenvalue weighted by molar-refractivity contribution is 0.237. The van der Waals surface area contributed by atoms with Gasteiger partial charge in [-0.05, 0) is 139 Å². The molecule has 0 aliphatic heterocycles. The molecule has 8 heteroatoms. The molecule has 0 amide bonds. The minimum atomic E-state index is -0.428. The van der Waals surface area contributed by atoms with E-state index in [9.17, 15) is 19.0 Å². The van der Waals surface area contributed by atoms with E-state index < -0.39 is 11.6 Å². The number of aromatic hydroxyl groups is 2. The molecule has 0 aromatic heterocycles. The number of hydrogen-bond acceptors (Lipinski definition) is 4. The third-order valence-electron chi connectivity index (χ3n) is 8.86. The molecule has 0 spiro atoms. The fourth-order valence-electron chi connectivity index (χ4n) is 7.48. The van der Waals surface area contributed by atoms with Gasteiger partial charge in [0.25, 0.3) is 0 Å². The van der Waals surface area contributed by atoms with E-state index >= 15 is 0 Å². The monoisotopic (exact) mass is 924 g/mol. The van der Waals surface area contributed by atoms with Crippen molar-refractivity contribution < 1.29 is 28.5 Å². The Kier molecular flexibility index (Phi) is 12.7. The molecule has 0 saturated carbocycles. The van der Waals surface area contributed by atoms with Gasteiger partial charge < -0.3 is 19.7 Å². The van der Waals surface area contributed by atoms with Crippen molar-refractivity contribution in [2.75, 3.05) is 13.2 Å². The van der Waals surface area contributed by atoms with Crippen molar-refractivity contribution in [3.05, 3.63) is 90.6 Å². The summed E-state index contributed by atoms with van der Waals surface area (Å²) >= 11 is 4.26. The summed E-state index contributed by atoms with van der Waals surface area (Å²) in [7, 11) is 0. The van der Waals surface area contributed by atoms with Gasteiger partial charge in [0.1, 0.15) is 34.6 Å². The molecule has 0 atom stereocenters. The van der Waals surface area contributed by atoms with E-state index in [4.69, 9.17) is 9.47 Å². The molecule has 0 radical (unpaired) electrons. The molecule has 4 nitrogen and oxygen atoms in total. The van der Waals surface area contributed by atoms with E-state index in [1.54, 1.807) is 18.2 Å². The van der Waals surface area contributed by atoms with Crippen LogP contribution in [-0.2, 0) is 10.8 Å². The molecule has 0 aliphatic rings. The standard InChI is InChI=1S/C43H52F2I2O4/c1-40(2,3)24-42(7,8)27-20-31(37(48)33(46)21-27)30-22-29(45)15-16-35(30)50-17-12-18-51-39-32(43(9,10)25-41(4,5)6)23-34(47)38(49)36(39)26-13-11-14-28(44)19-26/h11,13-16,19-23,48-49H,12,17-18,24-25H2,1-10H3. The normalized spacial score (nSPS) is 12.7. The van der Waals surface area contributed by atoms with Crippen LogP contribution in [0.2, 0.25) is 0 Å². The predicted octanol–water partition coefficient (Wildman–Crippen LogP) is 13.2. The highest BCUT2D eigenvalue weighted by Gasteiger charge is 2.34. The minimum Gasteiger partial charge on any atom is -0.506 e. The Bertz CT molecular complexity index is 1870. The summed E-state index contributed by atoms with van der Waals surface area (Å²) in [6.07, 6.45) is 2.23. The lowest BCUT2D eigenvalue weighted by Crippen LogP contribution is -2.26. The van der Waals surface area contributed by atoms with Gasteiger partial charge in [0, 0.05) is 23.1 Å². The van der Waals surface area contributed by atoms with Crippen molar-refractivity contribution in [3.63, 3.8) is 0 Å². The summed E-state index contributed by atoms with van der Waals surface area (Å²) in [6, 6.07) is 16.5. The molecule has 2 N–H and O–H groups in total. The quantitative estimate of drug-likeness (QED) is 0.110. The zero-order chi connectivity index (χ0) is 38.1. The van der Waals surface area contributed by atoms with Crippen LogP contribution in [0.5, 0.6) is 23.0 Å². The molecule has 0 unspecified atom stereocenters. The molecule has 0 bridgehead atoms. The number of hydrogen-bond donors (Lipinski definition) is 2. The second-order valence-electron chi connectivity index (χ2n) is 17.3. The maximum absolute atomic E-state index is 14.7. The highest BCUT2D eigenvalue weighted by molar-refractivity contribution is 14.1. The third kappa shape index (κ3) is 10.5. The molecule has 51 heavy (non-hydrogen) atoms. The zero-order valence-electron chi connectivity index (χ0n) is 31.5. The van der Waals surface area contributed by atoms with Crippen molar-refractivity contribution in [2.45, 2.75) is 99.3 Å². The molecular formula is C43H52F2I2O4. The zero-order valence-corrected chi connectivity index (χ0v) is 35.8. The SMILES string of the molecule is CC(C)(C)CC(C)(C)c1cc(I)c(O)c(-c2cc(F)ccc2OCCCOc2c(C(C)(C)CC(C)(C)C)cc(I)c(O)c2-c2cccc(F)c2)c1. The topological polar surface area (TPSA) is 58.9 Å². The fourth-order valence-corrected chi connectivity index (χ4v) is 8.69. The Morgan fingerprint density at radius 1 is 0.627 bits per heavy atom. The van der Waals surface area contributed by atoms with Gasteiger partial charge in [-0.2, -0.15) is 0 Å². The van der Waals surface area contributed by atoms with Crippen LogP contribution >= 0.6 is 45.2 Å². The highest BCUT2D eigenvalue weighted by Crippen LogP contribution is 2.50. The predicted molar refractivity (Wildman–Crippen MR) is 222 cm³/mol. The molecular weight excluding hydrogens is 872 g/mol. The van der Waals surface area contributed by atoms with E-state index in [-0.39, 0.29) is 46.4 Å². The third-order valence-corrected chi connectivity index (χ3v) is 10.5. The second-order valence-corrected chi connectivity index (χ2v) is 19.6. The van der Waals surface area contributed by atoms with Crippen molar-refractivity contribution in [1.29, 1.82) is 0 Å². The number of benzene rings is 4. The van der Waals surface area contributed by atoms with Crippen LogP contribution < -0.4 is 9.47 Å². The highest BCUT2D eigenvalue weighted by atomic mass is 127. The van der Waals surface area contributed by atoms with Gasteiger partial charge in [0.2, 0.25) is 0 Å². The lowest BCUT2D eigenvalue weighted by Gasteiger charge is -2.35. The summed E-state index contributed by atoms with van der Waals surface area (Å²) in [4.78, 5) is 0. The van der Waals surface area contributed by atoms with Crippen molar-refractivity contribution in [2.24, 2.45) is 10.8 Å². The van der Waals surface area contributed by atoms with Gasteiger partial charge in [0.05, 0.1) is 25.9 Å². The smallest absolute Gasteiger partial charge is 0.140 e. The van der Waals surface area contributed by atoms with Crippen molar-refractivity contribution in [1.82, 2.24) is 0 Å². The Labute approximate surface area is 330 Å². The van der Waals surface area contributed by atoms with Crippen LogP contribution in [-0.4, -0.2) is 23.4 Å². The first-order valence-corrected chi connectivity index (χ1v) is 19.6. The fraction of sp³-hybridized carbons (Fsp3) is 0.442. The number of ether oxygens (including phenoxy) is 2. The molecule has 4 aromatic rings. The van der Waals surface area contributed by atoms with E-state index in [2.05, 4.69) is 114 Å². The summed E-state index contributed by atoms with van der Waals surface area (Å²) in [5.74, 6) is 0.264. The van der Waals surface area contributed by atoms with Gasteiger partial charge >= 0.3 is 0 Å². The van der Waals surface area contributed by atoms with Gasteiger partial charge in [0.15, 0.2) is 0 Å². The molecule has 276 valence electrons. The van der Waals surface area contributed by atoms with Gasteiger partial charge in [-0.15, -0.1) is 0 Å². The van der Waals surface area contributed by atoms with Crippen molar-refractivity contribution in [3.8, 4) is 45.3 Å². The maximum Gasteiger partial charge on any atom is 0.140 e. The first-order valence-electron chi connectivity index (χ1n) is 17.4. The summed E-state index contributed by atoms with van der Waals surface area (Å²) in [5, 5.41) is 22.6. The largest absolute Gasteiger partial charge is 0.506 e. The van der Waals surface area contributed by atoms with Crippen LogP contribution in [0.3, 0.4) is 0 Å². The van der Waals surface area contributed by atoms with Crippen LogP contribution in [0.4, 0.5) is 8.78 Å². The Morgan fingerprint density at radius 2 is 1.22 bits per heavy atom. The average molecular weight is 925 g/mol. The molecule has 4 aromatic carbocycles. The molecule has 0 saturated heterocycles. The van der Waals surface area contributed by atoms with Gasteiger partial charge in [-0.25, -0.2) is 8.78 Å². The van der Waals surface area contributed by atoms with Crippen molar-refractivity contribution >= 4 is 45.2 Å².